The molecule has 0 aromatic heterocycles. The summed E-state index contributed by atoms with van der Waals surface area (Å²) in [5, 5.41) is 4.58. The Balaban J connectivity index is 1.73. The van der Waals surface area contributed by atoms with Gasteiger partial charge in [0.1, 0.15) is 23.1 Å². The van der Waals surface area contributed by atoms with E-state index in [0.717, 1.165) is 4.90 Å². The SMILES string of the molecule is COc1ccc(C2=NO[C@@H]3C(=O)N(c4ccc(Cl)cc4Cl)C(=O)[C@H]23)c(OC)c1. The summed E-state index contributed by atoms with van der Waals surface area (Å²) >= 11 is 12.1. The molecule has 2 atom stereocenters. The number of amides is 2. The van der Waals surface area contributed by atoms with E-state index in [9.17, 15) is 9.59 Å². The standard InChI is InChI=1S/C19H14Cl2N2O5/c1-26-10-4-5-11(14(8-10)27-2)16-15-17(28-22-16)19(25)23(18(15)24)13-6-3-9(20)7-12(13)21/h3-8,15,17H,1-2H3/t15-,17+/m1/s1. The van der Waals surface area contributed by atoms with Crippen molar-refractivity contribution in [3.05, 3.63) is 52.0 Å². The molecule has 1 fully saturated rings. The monoisotopic (exact) mass is 420 g/mol. The van der Waals surface area contributed by atoms with Gasteiger partial charge >= 0.3 is 0 Å². The van der Waals surface area contributed by atoms with Crippen LogP contribution in [0.1, 0.15) is 5.56 Å². The van der Waals surface area contributed by atoms with E-state index in [4.69, 9.17) is 37.5 Å². The minimum Gasteiger partial charge on any atom is -0.497 e. The van der Waals surface area contributed by atoms with E-state index >= 15 is 0 Å². The third-order valence-electron chi connectivity index (χ3n) is 4.65. The summed E-state index contributed by atoms with van der Waals surface area (Å²) in [6.45, 7) is 0. The smallest absolute Gasteiger partial charge is 0.279 e. The Morgan fingerprint density at radius 3 is 2.50 bits per heavy atom. The van der Waals surface area contributed by atoms with E-state index in [0.29, 0.717) is 27.8 Å². The molecule has 28 heavy (non-hydrogen) atoms. The Hall–Kier alpha value is -2.77. The van der Waals surface area contributed by atoms with E-state index in [-0.39, 0.29) is 10.7 Å². The highest BCUT2D eigenvalue weighted by atomic mass is 35.5. The van der Waals surface area contributed by atoms with Crippen LogP contribution in [0, 0.1) is 5.92 Å². The highest BCUT2D eigenvalue weighted by Crippen LogP contribution is 2.40. The van der Waals surface area contributed by atoms with Gasteiger partial charge in [-0.25, -0.2) is 4.90 Å². The fourth-order valence-electron chi connectivity index (χ4n) is 3.31. The van der Waals surface area contributed by atoms with Crippen LogP contribution >= 0.6 is 23.2 Å². The van der Waals surface area contributed by atoms with Gasteiger partial charge in [-0.3, -0.25) is 9.59 Å². The number of fused-ring (bicyclic) bond motifs is 1. The third-order valence-corrected chi connectivity index (χ3v) is 5.19. The van der Waals surface area contributed by atoms with Gasteiger partial charge in [0.05, 0.1) is 24.9 Å². The van der Waals surface area contributed by atoms with Crippen LogP contribution in [0.15, 0.2) is 41.6 Å². The Labute approximate surface area is 170 Å². The van der Waals surface area contributed by atoms with Gasteiger partial charge in [0, 0.05) is 16.7 Å². The minimum atomic E-state index is -1.05. The van der Waals surface area contributed by atoms with Gasteiger partial charge in [-0.05, 0) is 30.3 Å². The molecule has 9 heteroatoms. The summed E-state index contributed by atoms with van der Waals surface area (Å²) in [7, 11) is 3.03. The summed E-state index contributed by atoms with van der Waals surface area (Å²) in [5.41, 5.74) is 1.11. The van der Waals surface area contributed by atoms with Crippen molar-refractivity contribution < 1.29 is 23.9 Å². The lowest BCUT2D eigenvalue weighted by atomic mass is 9.93. The second-order valence-corrected chi connectivity index (χ2v) is 7.00. The number of nitrogens with zero attached hydrogens (tertiary/aromatic N) is 2. The number of rotatable bonds is 4. The highest BCUT2D eigenvalue weighted by molar-refractivity contribution is 6.40. The maximum atomic E-state index is 13.1. The largest absolute Gasteiger partial charge is 0.497 e. The van der Waals surface area contributed by atoms with Crippen LogP contribution in [0.2, 0.25) is 10.0 Å². The van der Waals surface area contributed by atoms with Crippen molar-refractivity contribution >= 4 is 46.4 Å². The van der Waals surface area contributed by atoms with Gasteiger partial charge in [-0.15, -0.1) is 0 Å². The average molecular weight is 421 g/mol. The Morgan fingerprint density at radius 2 is 1.82 bits per heavy atom. The molecule has 4 rings (SSSR count). The molecule has 2 aliphatic rings. The number of hydrogen-bond acceptors (Lipinski definition) is 6. The first kappa shape index (κ1) is 18.6. The Morgan fingerprint density at radius 1 is 1.04 bits per heavy atom. The van der Waals surface area contributed by atoms with Crippen molar-refractivity contribution in [2.45, 2.75) is 6.10 Å². The number of methoxy groups -OCH3 is 2. The molecular formula is C19H14Cl2N2O5. The van der Waals surface area contributed by atoms with Gasteiger partial charge < -0.3 is 14.3 Å². The number of benzene rings is 2. The van der Waals surface area contributed by atoms with Crippen LogP contribution < -0.4 is 14.4 Å². The quantitative estimate of drug-likeness (QED) is 0.709. The summed E-state index contributed by atoms with van der Waals surface area (Å²) in [6, 6.07) is 9.63. The van der Waals surface area contributed by atoms with Crippen molar-refractivity contribution in [3.63, 3.8) is 0 Å². The molecule has 7 nitrogen and oxygen atoms in total. The molecular weight excluding hydrogens is 407 g/mol. The van der Waals surface area contributed by atoms with E-state index < -0.39 is 23.8 Å². The summed E-state index contributed by atoms with van der Waals surface area (Å²) < 4.78 is 10.6. The van der Waals surface area contributed by atoms with Crippen LogP contribution in [0.4, 0.5) is 5.69 Å². The predicted octanol–water partition coefficient (Wildman–Crippen LogP) is 3.30. The Bertz CT molecular complexity index is 1020. The molecule has 0 aliphatic carbocycles. The first-order valence-corrected chi connectivity index (χ1v) is 9.01. The zero-order valence-corrected chi connectivity index (χ0v) is 16.3. The van der Waals surface area contributed by atoms with Crippen molar-refractivity contribution in [1.29, 1.82) is 0 Å². The zero-order chi connectivity index (χ0) is 20.0. The van der Waals surface area contributed by atoms with Crippen molar-refractivity contribution in [2.75, 3.05) is 19.1 Å². The molecule has 0 saturated carbocycles. The van der Waals surface area contributed by atoms with Crippen molar-refractivity contribution in [2.24, 2.45) is 11.1 Å². The zero-order valence-electron chi connectivity index (χ0n) is 14.8. The average Bonchev–Trinajstić information content (AvgIpc) is 3.22. The number of halogens is 2. The second kappa shape index (κ2) is 7.00. The number of hydrogen-bond donors (Lipinski definition) is 0. The van der Waals surface area contributed by atoms with Gasteiger partial charge in [0.15, 0.2) is 0 Å². The molecule has 0 unspecified atom stereocenters. The first-order chi connectivity index (χ1) is 13.5. The van der Waals surface area contributed by atoms with Crippen molar-refractivity contribution in [1.82, 2.24) is 0 Å². The lowest BCUT2D eigenvalue weighted by Crippen LogP contribution is -2.33. The molecule has 0 N–H and O–H groups in total. The molecule has 144 valence electrons. The lowest BCUT2D eigenvalue weighted by molar-refractivity contribution is -0.126. The van der Waals surface area contributed by atoms with Gasteiger partial charge in [-0.1, -0.05) is 28.4 Å². The fourth-order valence-corrected chi connectivity index (χ4v) is 3.80. The van der Waals surface area contributed by atoms with Crippen LogP contribution in [-0.4, -0.2) is 37.8 Å². The molecule has 2 amide bonds. The van der Waals surface area contributed by atoms with Crippen molar-refractivity contribution in [3.8, 4) is 11.5 Å². The molecule has 0 spiro atoms. The summed E-state index contributed by atoms with van der Waals surface area (Å²) in [4.78, 5) is 32.3. The molecule has 0 radical (unpaired) electrons. The molecule has 0 bridgehead atoms. The molecule has 2 aliphatic heterocycles. The van der Waals surface area contributed by atoms with E-state index in [2.05, 4.69) is 5.16 Å². The fraction of sp³-hybridized carbons (Fsp3) is 0.211. The normalized spacial score (nSPS) is 20.7. The number of carbonyl (C=O) groups is 2. The number of imide groups is 1. The van der Waals surface area contributed by atoms with Crippen LogP contribution in [-0.2, 0) is 14.4 Å². The van der Waals surface area contributed by atoms with Crippen LogP contribution in [0.5, 0.6) is 11.5 Å². The molecule has 2 aromatic carbocycles. The van der Waals surface area contributed by atoms with Gasteiger partial charge in [0.25, 0.3) is 5.91 Å². The van der Waals surface area contributed by atoms with E-state index in [1.54, 1.807) is 24.3 Å². The van der Waals surface area contributed by atoms with Gasteiger partial charge in [0.2, 0.25) is 12.0 Å². The maximum Gasteiger partial charge on any atom is 0.279 e. The number of anilines is 1. The predicted molar refractivity (Wildman–Crippen MR) is 103 cm³/mol. The van der Waals surface area contributed by atoms with Crippen LogP contribution in [0.3, 0.4) is 0 Å². The topological polar surface area (TPSA) is 77.4 Å². The maximum absolute atomic E-state index is 13.1. The minimum absolute atomic E-state index is 0.190. The number of oxime groups is 1. The highest BCUT2D eigenvalue weighted by Gasteiger charge is 2.56. The van der Waals surface area contributed by atoms with E-state index in [1.165, 1.54) is 26.4 Å². The first-order valence-electron chi connectivity index (χ1n) is 8.25. The molecule has 2 aromatic rings. The van der Waals surface area contributed by atoms with Crippen LogP contribution in [0.25, 0.3) is 0 Å². The summed E-state index contributed by atoms with van der Waals surface area (Å²) in [6.07, 6.45) is -1.05. The number of carbonyl (C=O) groups excluding carboxylic acids is 2. The lowest BCUT2D eigenvalue weighted by Gasteiger charge is -2.17. The Kier molecular flexibility index (Phi) is 4.64. The molecule has 2 heterocycles. The molecule has 1 saturated heterocycles. The summed E-state index contributed by atoms with van der Waals surface area (Å²) in [5.74, 6) is -0.883. The number of ether oxygens (including phenoxy) is 2. The third kappa shape index (κ3) is 2.78. The van der Waals surface area contributed by atoms with E-state index in [1.807, 2.05) is 0 Å². The second-order valence-electron chi connectivity index (χ2n) is 6.15. The van der Waals surface area contributed by atoms with Gasteiger partial charge in [-0.2, -0.15) is 0 Å².